The van der Waals surface area contributed by atoms with Gasteiger partial charge in [-0.1, -0.05) is 72.0 Å². The second kappa shape index (κ2) is 6.62. The van der Waals surface area contributed by atoms with Crippen molar-refractivity contribution in [1.29, 1.82) is 0 Å². The third kappa shape index (κ3) is 3.40. The number of thiazole rings is 1. The largest absolute Gasteiger partial charge is 0.326 e. The Balaban J connectivity index is 1.83. The van der Waals surface area contributed by atoms with E-state index in [1.807, 2.05) is 67.6 Å². The lowest BCUT2D eigenvalue weighted by Gasteiger charge is -2.08. The molecule has 0 atom stereocenters. The Bertz CT molecular complexity index is 867. The molecule has 116 valence electrons. The van der Waals surface area contributed by atoms with Crippen molar-refractivity contribution in [1.82, 2.24) is 4.68 Å². The van der Waals surface area contributed by atoms with Crippen LogP contribution in [0.5, 0.6) is 0 Å². The van der Waals surface area contributed by atoms with Gasteiger partial charge in [-0.15, -0.1) is 0 Å². The van der Waals surface area contributed by atoms with Crippen molar-refractivity contribution >= 4 is 17.2 Å². The third-order valence-corrected chi connectivity index (χ3v) is 4.61. The molecule has 0 radical (unpaired) electrons. The van der Waals surface area contributed by atoms with Crippen molar-refractivity contribution in [3.05, 3.63) is 81.6 Å². The number of amides is 1. The highest BCUT2D eigenvalue weighted by atomic mass is 32.1. The molecule has 0 aliphatic rings. The van der Waals surface area contributed by atoms with Gasteiger partial charge < -0.3 is 0 Å². The fourth-order valence-electron chi connectivity index (χ4n) is 2.38. The highest BCUT2D eigenvalue weighted by molar-refractivity contribution is 7.13. The fraction of sp³-hybridized carbons (Fsp3) is 0.111. The maximum absolute atomic E-state index is 12.2. The summed E-state index contributed by atoms with van der Waals surface area (Å²) in [5, 5.41) is 0. The van der Waals surface area contributed by atoms with Crippen LogP contribution in [0.3, 0.4) is 0 Å². The number of nitrogens with zero attached hydrogens (tertiary/aromatic N) is 1. The standard InChI is InChI=1S/C18H16N2O2S/c1-13-17(15-10-6-3-7-11-15)23-18(22)20(13)19-16(21)12-14-8-4-2-5-9-14/h2-11H,12H2,1H3,(H,19,21). The summed E-state index contributed by atoms with van der Waals surface area (Å²) in [4.78, 5) is 25.0. The Morgan fingerprint density at radius 1 is 1.04 bits per heavy atom. The van der Waals surface area contributed by atoms with Crippen LogP contribution in [0.15, 0.2) is 65.5 Å². The van der Waals surface area contributed by atoms with E-state index in [1.165, 1.54) is 4.68 Å². The van der Waals surface area contributed by atoms with Gasteiger partial charge in [0, 0.05) is 0 Å². The van der Waals surface area contributed by atoms with Crippen LogP contribution in [0, 0.1) is 6.92 Å². The van der Waals surface area contributed by atoms with Gasteiger partial charge in [-0.2, -0.15) is 0 Å². The summed E-state index contributed by atoms with van der Waals surface area (Å²) in [6, 6.07) is 19.1. The first-order valence-corrected chi connectivity index (χ1v) is 8.08. The van der Waals surface area contributed by atoms with Crippen LogP contribution in [0.1, 0.15) is 11.3 Å². The summed E-state index contributed by atoms with van der Waals surface area (Å²) in [5.74, 6) is -0.209. The second-order valence-corrected chi connectivity index (χ2v) is 6.14. The quantitative estimate of drug-likeness (QED) is 0.801. The van der Waals surface area contributed by atoms with Crippen LogP contribution < -0.4 is 10.3 Å². The predicted molar refractivity (Wildman–Crippen MR) is 93.3 cm³/mol. The van der Waals surface area contributed by atoms with Gasteiger partial charge in [0.2, 0.25) is 5.91 Å². The summed E-state index contributed by atoms with van der Waals surface area (Å²) < 4.78 is 1.33. The lowest BCUT2D eigenvalue weighted by atomic mass is 10.1. The average molecular weight is 324 g/mol. The van der Waals surface area contributed by atoms with Gasteiger partial charge in [-0.25, -0.2) is 4.68 Å². The zero-order valence-corrected chi connectivity index (χ0v) is 13.5. The van der Waals surface area contributed by atoms with Crippen LogP contribution in [0.25, 0.3) is 10.4 Å². The van der Waals surface area contributed by atoms with Crippen LogP contribution in [0.4, 0.5) is 0 Å². The first-order valence-electron chi connectivity index (χ1n) is 7.27. The van der Waals surface area contributed by atoms with Crippen LogP contribution in [-0.4, -0.2) is 10.6 Å². The minimum atomic E-state index is -0.209. The van der Waals surface area contributed by atoms with E-state index in [9.17, 15) is 9.59 Å². The molecule has 0 aliphatic heterocycles. The normalized spacial score (nSPS) is 10.5. The van der Waals surface area contributed by atoms with E-state index < -0.39 is 0 Å². The number of carbonyl (C=O) groups is 1. The monoisotopic (exact) mass is 324 g/mol. The highest BCUT2D eigenvalue weighted by Crippen LogP contribution is 2.25. The summed E-state index contributed by atoms with van der Waals surface area (Å²) >= 11 is 1.14. The number of aromatic nitrogens is 1. The maximum atomic E-state index is 12.2. The molecule has 1 heterocycles. The number of hydrogen-bond acceptors (Lipinski definition) is 3. The van der Waals surface area contributed by atoms with Gasteiger partial charge in [0.25, 0.3) is 0 Å². The number of nitrogens with one attached hydrogen (secondary N) is 1. The van der Waals surface area contributed by atoms with Crippen molar-refractivity contribution in [2.45, 2.75) is 13.3 Å². The van der Waals surface area contributed by atoms with Crippen molar-refractivity contribution in [2.75, 3.05) is 5.43 Å². The summed E-state index contributed by atoms with van der Waals surface area (Å²) in [5.41, 5.74) is 5.32. The molecule has 1 N–H and O–H groups in total. The van der Waals surface area contributed by atoms with Crippen LogP contribution in [-0.2, 0) is 11.2 Å². The first kappa shape index (κ1) is 15.2. The van der Waals surface area contributed by atoms with E-state index in [-0.39, 0.29) is 17.2 Å². The summed E-state index contributed by atoms with van der Waals surface area (Å²) in [6.07, 6.45) is 0.239. The van der Waals surface area contributed by atoms with Gasteiger partial charge >= 0.3 is 4.87 Å². The molecular weight excluding hydrogens is 308 g/mol. The molecule has 1 amide bonds. The van der Waals surface area contributed by atoms with E-state index in [1.54, 1.807) is 0 Å². The summed E-state index contributed by atoms with van der Waals surface area (Å²) in [7, 11) is 0. The Labute approximate surface area is 138 Å². The molecule has 23 heavy (non-hydrogen) atoms. The number of rotatable bonds is 4. The predicted octanol–water partition coefficient (Wildman–Crippen LogP) is 3.20. The van der Waals surface area contributed by atoms with Gasteiger partial charge in [0.1, 0.15) is 0 Å². The van der Waals surface area contributed by atoms with E-state index in [4.69, 9.17) is 0 Å². The van der Waals surface area contributed by atoms with Gasteiger partial charge in [-0.3, -0.25) is 15.0 Å². The second-order valence-electron chi connectivity index (χ2n) is 5.18. The van der Waals surface area contributed by atoms with Gasteiger partial charge in [0.05, 0.1) is 17.0 Å². The Kier molecular flexibility index (Phi) is 4.39. The molecule has 0 unspecified atom stereocenters. The molecule has 5 heteroatoms. The summed E-state index contributed by atoms with van der Waals surface area (Å²) in [6.45, 7) is 1.84. The topological polar surface area (TPSA) is 51.1 Å². The molecule has 1 aromatic heterocycles. The molecule has 0 bridgehead atoms. The van der Waals surface area contributed by atoms with E-state index in [0.29, 0.717) is 0 Å². The lowest BCUT2D eigenvalue weighted by molar-refractivity contribution is -0.116. The van der Waals surface area contributed by atoms with Crippen molar-refractivity contribution in [3.63, 3.8) is 0 Å². The van der Waals surface area contributed by atoms with Gasteiger partial charge in [-0.05, 0) is 18.1 Å². The molecule has 0 saturated heterocycles. The Morgan fingerprint density at radius 3 is 2.30 bits per heavy atom. The zero-order chi connectivity index (χ0) is 16.2. The highest BCUT2D eigenvalue weighted by Gasteiger charge is 2.14. The third-order valence-electron chi connectivity index (χ3n) is 3.52. The number of hydrogen-bond donors (Lipinski definition) is 1. The van der Waals surface area contributed by atoms with Gasteiger partial charge in [0.15, 0.2) is 0 Å². The minimum absolute atomic E-state index is 0.192. The minimum Gasteiger partial charge on any atom is -0.273 e. The van der Waals surface area contributed by atoms with E-state index >= 15 is 0 Å². The molecule has 3 aromatic rings. The zero-order valence-electron chi connectivity index (χ0n) is 12.7. The lowest BCUT2D eigenvalue weighted by Crippen LogP contribution is -2.31. The molecule has 0 spiro atoms. The smallest absolute Gasteiger partial charge is 0.273 e. The first-order chi connectivity index (χ1) is 11.1. The molecule has 0 aliphatic carbocycles. The van der Waals surface area contributed by atoms with Crippen LogP contribution in [0.2, 0.25) is 0 Å². The van der Waals surface area contributed by atoms with Crippen molar-refractivity contribution < 1.29 is 4.79 Å². The molecular formula is C18H16N2O2S. The van der Waals surface area contributed by atoms with Crippen LogP contribution >= 0.6 is 11.3 Å². The number of carbonyl (C=O) groups excluding carboxylic acids is 1. The Morgan fingerprint density at radius 2 is 1.65 bits per heavy atom. The van der Waals surface area contributed by atoms with E-state index in [0.717, 1.165) is 33.0 Å². The SMILES string of the molecule is Cc1c(-c2ccccc2)sc(=O)n1NC(=O)Cc1ccccc1. The molecule has 3 rings (SSSR count). The molecule has 0 saturated carbocycles. The molecule has 4 nitrogen and oxygen atoms in total. The average Bonchev–Trinajstić information content (AvgIpc) is 2.85. The maximum Gasteiger partial charge on any atom is 0.326 e. The van der Waals surface area contributed by atoms with E-state index in [2.05, 4.69) is 5.43 Å². The molecule has 0 fully saturated rings. The molecule has 2 aromatic carbocycles. The fourth-order valence-corrected chi connectivity index (χ4v) is 3.32. The Hall–Kier alpha value is -2.66. The van der Waals surface area contributed by atoms with Crippen molar-refractivity contribution in [3.8, 4) is 10.4 Å². The number of benzene rings is 2. The van der Waals surface area contributed by atoms with Crippen molar-refractivity contribution in [2.24, 2.45) is 0 Å².